The van der Waals surface area contributed by atoms with Gasteiger partial charge in [0.05, 0.1) is 19.4 Å². The van der Waals surface area contributed by atoms with Crippen molar-refractivity contribution in [3.05, 3.63) is 48.4 Å². The van der Waals surface area contributed by atoms with Crippen molar-refractivity contribution in [1.82, 2.24) is 10.1 Å². The van der Waals surface area contributed by atoms with Gasteiger partial charge in [-0.05, 0) is 25.0 Å². The largest absolute Gasteiger partial charge is 0.379 e. The molecule has 6 heteroatoms. The summed E-state index contributed by atoms with van der Waals surface area (Å²) in [7, 11) is 0. The van der Waals surface area contributed by atoms with Crippen LogP contribution in [0.25, 0.3) is 0 Å². The zero-order chi connectivity index (χ0) is 17.1. The lowest BCUT2D eigenvalue weighted by Crippen LogP contribution is -2.52. The molecule has 1 spiro atoms. The smallest absolute Gasteiger partial charge is 0.292 e. The van der Waals surface area contributed by atoms with E-state index in [2.05, 4.69) is 34.3 Å². The molecule has 2 saturated heterocycles. The number of carbonyl (C=O) groups excluding carboxylic acids is 1. The van der Waals surface area contributed by atoms with E-state index in [0.29, 0.717) is 25.5 Å². The van der Waals surface area contributed by atoms with Crippen LogP contribution in [0.15, 0.2) is 47.1 Å². The van der Waals surface area contributed by atoms with Crippen LogP contribution in [0.1, 0.15) is 23.4 Å². The van der Waals surface area contributed by atoms with E-state index < -0.39 is 0 Å². The van der Waals surface area contributed by atoms with Crippen molar-refractivity contribution in [1.29, 1.82) is 0 Å². The molecule has 0 N–H and O–H groups in total. The third kappa shape index (κ3) is 3.39. The number of hydrogen-bond acceptors (Lipinski definition) is 5. The Labute approximate surface area is 147 Å². The third-order valence-electron chi connectivity index (χ3n) is 5.16. The summed E-state index contributed by atoms with van der Waals surface area (Å²) in [5, 5.41) is 3.65. The Balaban J connectivity index is 1.53. The van der Waals surface area contributed by atoms with Crippen molar-refractivity contribution in [3.8, 4) is 0 Å². The molecule has 2 aliphatic rings. The Morgan fingerprint density at radius 2 is 2.00 bits per heavy atom. The topological polar surface area (TPSA) is 58.8 Å². The van der Waals surface area contributed by atoms with E-state index >= 15 is 0 Å². The molecular weight excluding hydrogens is 318 g/mol. The highest BCUT2D eigenvalue weighted by Crippen LogP contribution is 2.35. The average Bonchev–Trinajstić information content (AvgIpc) is 3.12. The van der Waals surface area contributed by atoms with Gasteiger partial charge in [0.15, 0.2) is 0 Å². The summed E-state index contributed by atoms with van der Waals surface area (Å²) in [6.45, 7) is 4.63. The van der Waals surface area contributed by atoms with Crippen LogP contribution in [0.4, 0.5) is 5.69 Å². The van der Waals surface area contributed by atoms with Gasteiger partial charge in [0, 0.05) is 43.3 Å². The lowest BCUT2D eigenvalue weighted by atomic mass is 9.80. The van der Waals surface area contributed by atoms with Gasteiger partial charge in [0.25, 0.3) is 5.91 Å². The van der Waals surface area contributed by atoms with Gasteiger partial charge in [0.2, 0.25) is 5.76 Å². The predicted molar refractivity (Wildman–Crippen MR) is 93.5 cm³/mol. The molecule has 0 aliphatic carbocycles. The Morgan fingerprint density at radius 1 is 1.12 bits per heavy atom. The third-order valence-corrected chi connectivity index (χ3v) is 5.16. The second-order valence-electron chi connectivity index (χ2n) is 7.02. The highest BCUT2D eigenvalue weighted by molar-refractivity contribution is 5.91. The number of benzene rings is 1. The fraction of sp³-hybridized carbons (Fsp3) is 0.474. The van der Waals surface area contributed by atoms with Crippen LogP contribution in [0.5, 0.6) is 0 Å². The number of carbonyl (C=O) groups is 1. The summed E-state index contributed by atoms with van der Waals surface area (Å²) in [6, 6.07) is 12.1. The molecule has 0 unspecified atom stereocenters. The summed E-state index contributed by atoms with van der Waals surface area (Å²) in [5.41, 5.74) is 1.17. The molecule has 1 aromatic carbocycles. The number of amides is 1. The van der Waals surface area contributed by atoms with Crippen LogP contribution < -0.4 is 4.90 Å². The Morgan fingerprint density at radius 3 is 2.80 bits per heavy atom. The van der Waals surface area contributed by atoms with Gasteiger partial charge in [-0.1, -0.05) is 23.4 Å². The van der Waals surface area contributed by atoms with Crippen molar-refractivity contribution in [3.63, 3.8) is 0 Å². The molecule has 0 saturated carbocycles. The van der Waals surface area contributed by atoms with E-state index in [1.807, 2.05) is 11.0 Å². The molecule has 132 valence electrons. The molecule has 1 atom stereocenters. The van der Waals surface area contributed by atoms with Gasteiger partial charge in [-0.3, -0.25) is 4.79 Å². The fourth-order valence-electron chi connectivity index (χ4n) is 3.96. The minimum atomic E-state index is -0.0768. The van der Waals surface area contributed by atoms with E-state index in [4.69, 9.17) is 9.26 Å². The molecule has 2 fully saturated rings. The van der Waals surface area contributed by atoms with Crippen LogP contribution in [-0.2, 0) is 4.74 Å². The summed E-state index contributed by atoms with van der Waals surface area (Å²) in [5.74, 6) is 0.235. The van der Waals surface area contributed by atoms with Crippen molar-refractivity contribution in [2.24, 2.45) is 5.41 Å². The molecule has 6 nitrogen and oxygen atoms in total. The normalized spacial score (nSPS) is 24.3. The van der Waals surface area contributed by atoms with E-state index in [0.717, 1.165) is 32.5 Å². The van der Waals surface area contributed by atoms with E-state index in [-0.39, 0.29) is 11.3 Å². The number of hydrogen-bond donors (Lipinski definition) is 0. The lowest BCUT2D eigenvalue weighted by molar-refractivity contribution is 0.0119. The van der Waals surface area contributed by atoms with Crippen LogP contribution in [0.3, 0.4) is 0 Å². The quantitative estimate of drug-likeness (QED) is 0.840. The Bertz CT molecular complexity index is 704. The van der Waals surface area contributed by atoms with Gasteiger partial charge < -0.3 is 19.1 Å². The van der Waals surface area contributed by atoms with E-state index in [1.54, 1.807) is 6.07 Å². The van der Waals surface area contributed by atoms with Gasteiger partial charge in [-0.2, -0.15) is 0 Å². The van der Waals surface area contributed by atoms with Crippen molar-refractivity contribution >= 4 is 11.6 Å². The van der Waals surface area contributed by atoms with Crippen LogP contribution in [0, 0.1) is 5.41 Å². The molecule has 1 aromatic heterocycles. The van der Waals surface area contributed by atoms with Crippen LogP contribution in [-0.4, -0.2) is 55.4 Å². The van der Waals surface area contributed by atoms with Gasteiger partial charge in [-0.25, -0.2) is 0 Å². The van der Waals surface area contributed by atoms with Gasteiger partial charge >= 0.3 is 0 Å². The number of aromatic nitrogens is 1. The monoisotopic (exact) mass is 341 g/mol. The Kier molecular flexibility index (Phi) is 4.44. The number of likely N-dealkylation sites (tertiary alicyclic amines) is 1. The molecule has 25 heavy (non-hydrogen) atoms. The molecular formula is C19H23N3O3. The maximum atomic E-state index is 12.7. The fourth-order valence-corrected chi connectivity index (χ4v) is 3.96. The highest BCUT2D eigenvalue weighted by Gasteiger charge is 2.41. The molecule has 4 rings (SSSR count). The molecule has 2 aromatic rings. The number of ether oxygens (including phenoxy) is 1. The number of nitrogens with zero attached hydrogens (tertiary/aromatic N) is 3. The second kappa shape index (κ2) is 6.88. The number of para-hydroxylation sites is 1. The average molecular weight is 341 g/mol. The lowest BCUT2D eigenvalue weighted by Gasteiger charge is -2.43. The standard InChI is InChI=1S/C19H23N3O3/c23-18(17-7-9-20-25-17)22-10-4-8-19(14-22)13-21(11-12-24-15-19)16-5-2-1-3-6-16/h1-3,5-7,9H,4,8,10-15H2/t19-/m0/s1. The SMILES string of the molecule is O=C(c1ccno1)N1CCC[C@@]2(COCCN(c3ccccc3)C2)C1. The first kappa shape index (κ1) is 16.1. The molecule has 0 radical (unpaired) electrons. The first-order valence-electron chi connectivity index (χ1n) is 8.84. The highest BCUT2D eigenvalue weighted by atomic mass is 16.5. The van der Waals surface area contributed by atoms with Crippen molar-refractivity contribution in [2.75, 3.05) is 44.3 Å². The first-order valence-corrected chi connectivity index (χ1v) is 8.84. The predicted octanol–water partition coefficient (Wildman–Crippen LogP) is 2.43. The maximum Gasteiger partial charge on any atom is 0.292 e. The van der Waals surface area contributed by atoms with Gasteiger partial charge in [-0.15, -0.1) is 0 Å². The minimum Gasteiger partial charge on any atom is -0.379 e. The number of piperidine rings is 1. The Hall–Kier alpha value is -2.34. The van der Waals surface area contributed by atoms with Crippen LogP contribution in [0.2, 0.25) is 0 Å². The zero-order valence-electron chi connectivity index (χ0n) is 14.3. The minimum absolute atomic E-state index is 0.0414. The first-order chi connectivity index (χ1) is 12.3. The molecule has 3 heterocycles. The number of rotatable bonds is 2. The second-order valence-corrected chi connectivity index (χ2v) is 7.02. The maximum absolute atomic E-state index is 12.7. The molecule has 2 aliphatic heterocycles. The summed E-state index contributed by atoms with van der Waals surface area (Å²) in [6.07, 6.45) is 3.56. The summed E-state index contributed by atoms with van der Waals surface area (Å²) in [4.78, 5) is 16.9. The summed E-state index contributed by atoms with van der Waals surface area (Å²) >= 11 is 0. The molecule has 1 amide bonds. The van der Waals surface area contributed by atoms with E-state index in [9.17, 15) is 4.79 Å². The van der Waals surface area contributed by atoms with Crippen molar-refractivity contribution < 1.29 is 14.1 Å². The van der Waals surface area contributed by atoms with Gasteiger partial charge in [0.1, 0.15) is 0 Å². The van der Waals surface area contributed by atoms with Crippen LogP contribution >= 0.6 is 0 Å². The van der Waals surface area contributed by atoms with E-state index in [1.165, 1.54) is 11.9 Å². The molecule has 0 bridgehead atoms. The van der Waals surface area contributed by atoms with Crippen molar-refractivity contribution in [2.45, 2.75) is 12.8 Å². The zero-order valence-corrected chi connectivity index (χ0v) is 14.3. The summed E-state index contributed by atoms with van der Waals surface area (Å²) < 4.78 is 11.0. The number of anilines is 1.